The van der Waals surface area contributed by atoms with Gasteiger partial charge >= 0.3 is 0 Å². The van der Waals surface area contributed by atoms with Crippen molar-refractivity contribution in [3.8, 4) is 0 Å². The molecule has 1 aromatic heterocycles. The molecule has 0 saturated heterocycles. The average molecular weight is 358 g/mol. The fourth-order valence-corrected chi connectivity index (χ4v) is 3.18. The molecule has 21 heavy (non-hydrogen) atoms. The Bertz CT molecular complexity index is 451. The fraction of sp³-hybridized carbons (Fsp3) is 0.824. The van der Waals surface area contributed by atoms with Gasteiger partial charge in [0.25, 0.3) is 0 Å². The summed E-state index contributed by atoms with van der Waals surface area (Å²) in [5, 5.41) is 8.36. The van der Waals surface area contributed by atoms with Crippen molar-refractivity contribution in [2.24, 2.45) is 11.3 Å². The lowest BCUT2D eigenvalue weighted by atomic mass is 9.75. The van der Waals surface area contributed by atoms with Gasteiger partial charge in [-0.25, -0.2) is 0 Å². The molecule has 1 atom stereocenters. The van der Waals surface area contributed by atoms with Crippen molar-refractivity contribution in [1.82, 2.24) is 15.1 Å². The van der Waals surface area contributed by atoms with Gasteiger partial charge in [-0.2, -0.15) is 5.10 Å². The van der Waals surface area contributed by atoms with Gasteiger partial charge in [-0.3, -0.25) is 4.68 Å². The molecule has 0 bridgehead atoms. The van der Waals surface area contributed by atoms with Crippen molar-refractivity contribution in [1.29, 1.82) is 0 Å². The first-order valence-electron chi connectivity index (χ1n) is 8.22. The number of rotatable bonds is 8. The Balaban J connectivity index is 3.06. The summed E-state index contributed by atoms with van der Waals surface area (Å²) in [5.41, 5.74) is 2.75. The van der Waals surface area contributed by atoms with E-state index in [0.29, 0.717) is 12.0 Å². The summed E-state index contributed by atoms with van der Waals surface area (Å²) in [6.45, 7) is 17.8. The third-order valence-electron chi connectivity index (χ3n) is 4.57. The van der Waals surface area contributed by atoms with E-state index < -0.39 is 0 Å². The second-order valence-electron chi connectivity index (χ2n) is 6.90. The number of nitrogens with zero attached hydrogens (tertiary/aromatic N) is 2. The highest BCUT2D eigenvalue weighted by Gasteiger charge is 2.31. The van der Waals surface area contributed by atoms with Crippen molar-refractivity contribution in [2.45, 2.75) is 73.9 Å². The lowest BCUT2D eigenvalue weighted by molar-refractivity contribution is 0.197. The largest absolute Gasteiger partial charge is 0.314 e. The van der Waals surface area contributed by atoms with Crippen LogP contribution < -0.4 is 5.32 Å². The maximum Gasteiger partial charge on any atom is 0.0766 e. The number of hydrogen-bond acceptors (Lipinski definition) is 2. The first kappa shape index (κ1) is 18.7. The molecule has 0 aliphatic heterocycles. The van der Waals surface area contributed by atoms with Crippen LogP contribution in [-0.4, -0.2) is 22.4 Å². The van der Waals surface area contributed by atoms with E-state index in [4.69, 9.17) is 5.10 Å². The summed E-state index contributed by atoms with van der Waals surface area (Å²) in [4.78, 5) is 0. The molecule has 4 heteroatoms. The minimum Gasteiger partial charge on any atom is -0.314 e. The first-order chi connectivity index (χ1) is 9.75. The molecule has 0 fully saturated rings. The van der Waals surface area contributed by atoms with Crippen molar-refractivity contribution >= 4 is 15.9 Å². The van der Waals surface area contributed by atoms with Gasteiger partial charge in [-0.15, -0.1) is 0 Å². The van der Waals surface area contributed by atoms with Gasteiger partial charge in [0, 0.05) is 19.1 Å². The summed E-state index contributed by atoms with van der Waals surface area (Å²) in [6, 6.07) is 0.522. The second-order valence-corrected chi connectivity index (χ2v) is 7.69. The van der Waals surface area contributed by atoms with Gasteiger partial charge < -0.3 is 5.32 Å². The maximum absolute atomic E-state index is 4.73. The van der Waals surface area contributed by atoms with Crippen LogP contribution in [0.3, 0.4) is 0 Å². The van der Waals surface area contributed by atoms with Crippen molar-refractivity contribution in [2.75, 3.05) is 6.54 Å². The number of nitrogens with one attached hydrogen (secondary N) is 1. The van der Waals surface area contributed by atoms with Crippen LogP contribution in [0.4, 0.5) is 0 Å². The van der Waals surface area contributed by atoms with Gasteiger partial charge in [-0.1, -0.05) is 41.5 Å². The molecular weight excluding hydrogens is 326 g/mol. The number of hydrogen-bond donors (Lipinski definition) is 1. The van der Waals surface area contributed by atoms with Crippen molar-refractivity contribution < 1.29 is 0 Å². The first-order valence-corrected chi connectivity index (χ1v) is 9.01. The minimum absolute atomic E-state index is 0.227. The zero-order valence-corrected chi connectivity index (χ0v) is 16.3. The van der Waals surface area contributed by atoms with Crippen LogP contribution in [0.5, 0.6) is 0 Å². The highest BCUT2D eigenvalue weighted by molar-refractivity contribution is 9.10. The summed E-state index contributed by atoms with van der Waals surface area (Å²) < 4.78 is 3.38. The highest BCUT2D eigenvalue weighted by Crippen LogP contribution is 2.34. The Morgan fingerprint density at radius 3 is 2.29 bits per heavy atom. The van der Waals surface area contributed by atoms with E-state index in [0.717, 1.165) is 25.9 Å². The fourth-order valence-electron chi connectivity index (χ4n) is 2.48. The highest BCUT2D eigenvalue weighted by atomic mass is 79.9. The zero-order chi connectivity index (χ0) is 16.2. The Labute approximate surface area is 139 Å². The van der Waals surface area contributed by atoms with Crippen LogP contribution in [0.1, 0.15) is 59.9 Å². The van der Waals surface area contributed by atoms with E-state index in [1.807, 2.05) is 0 Å². The van der Waals surface area contributed by atoms with E-state index in [2.05, 4.69) is 74.4 Å². The Morgan fingerprint density at radius 1 is 1.24 bits per heavy atom. The van der Waals surface area contributed by atoms with Crippen LogP contribution in [-0.2, 0) is 19.4 Å². The third-order valence-corrected chi connectivity index (χ3v) is 5.49. The number of aromatic nitrogens is 2. The molecule has 0 radical (unpaired) electrons. The summed E-state index contributed by atoms with van der Waals surface area (Å²) in [5.74, 6) is 0.612. The predicted octanol–water partition coefficient (Wildman–Crippen LogP) is 4.43. The van der Waals surface area contributed by atoms with E-state index in [9.17, 15) is 0 Å². The van der Waals surface area contributed by atoms with Crippen LogP contribution >= 0.6 is 15.9 Å². The Hall–Kier alpha value is -0.350. The molecule has 0 aliphatic carbocycles. The molecule has 3 nitrogen and oxygen atoms in total. The molecule has 0 aliphatic rings. The number of halogens is 1. The maximum atomic E-state index is 4.73. The van der Waals surface area contributed by atoms with Crippen LogP contribution in [0, 0.1) is 11.3 Å². The molecular formula is C17H32BrN3. The molecule has 0 saturated carbocycles. The molecule has 1 unspecified atom stereocenters. The second kappa shape index (κ2) is 7.77. The van der Waals surface area contributed by atoms with Crippen LogP contribution in [0.2, 0.25) is 0 Å². The molecule has 0 amide bonds. The zero-order valence-electron chi connectivity index (χ0n) is 14.8. The van der Waals surface area contributed by atoms with Gasteiger partial charge in [0.15, 0.2) is 0 Å². The molecule has 1 rings (SSSR count). The molecule has 0 spiro atoms. The van der Waals surface area contributed by atoms with Crippen LogP contribution in [0.15, 0.2) is 4.47 Å². The topological polar surface area (TPSA) is 29.9 Å². The monoisotopic (exact) mass is 357 g/mol. The summed E-state index contributed by atoms with van der Waals surface area (Å²) in [6.07, 6.45) is 2.02. The lowest BCUT2D eigenvalue weighted by Crippen LogP contribution is -2.41. The third kappa shape index (κ3) is 4.56. The SMILES string of the molecule is CCc1nn(CC)c(CC(C)(CNC(C)C)C(C)C)c1Br. The van der Waals surface area contributed by atoms with E-state index >= 15 is 0 Å². The van der Waals surface area contributed by atoms with Crippen LogP contribution in [0.25, 0.3) is 0 Å². The smallest absolute Gasteiger partial charge is 0.0766 e. The molecule has 1 aromatic rings. The van der Waals surface area contributed by atoms with Gasteiger partial charge in [0.1, 0.15) is 0 Å². The van der Waals surface area contributed by atoms with E-state index in [1.54, 1.807) is 0 Å². The van der Waals surface area contributed by atoms with Gasteiger partial charge in [0.2, 0.25) is 0 Å². The Kier molecular flexibility index (Phi) is 6.92. The van der Waals surface area contributed by atoms with Crippen molar-refractivity contribution in [3.63, 3.8) is 0 Å². The quantitative estimate of drug-likeness (QED) is 0.745. The van der Waals surface area contributed by atoms with E-state index in [-0.39, 0.29) is 5.41 Å². The normalized spacial score (nSPS) is 15.0. The standard InChI is InChI=1S/C17H32BrN3/c1-8-14-16(18)15(21(9-2)20-14)10-17(7,12(3)4)11-19-13(5)6/h12-13,19H,8-11H2,1-7H3. The molecule has 1 heterocycles. The molecule has 1 N–H and O–H groups in total. The predicted molar refractivity (Wildman–Crippen MR) is 94.8 cm³/mol. The molecule has 122 valence electrons. The molecule has 0 aromatic carbocycles. The van der Waals surface area contributed by atoms with Crippen molar-refractivity contribution in [3.05, 3.63) is 15.9 Å². The summed E-state index contributed by atoms with van der Waals surface area (Å²) in [7, 11) is 0. The summed E-state index contributed by atoms with van der Waals surface area (Å²) >= 11 is 3.78. The lowest BCUT2D eigenvalue weighted by Gasteiger charge is -2.35. The van der Waals surface area contributed by atoms with E-state index in [1.165, 1.54) is 15.9 Å². The number of aryl methyl sites for hydroxylation is 2. The average Bonchev–Trinajstić information content (AvgIpc) is 2.72. The van der Waals surface area contributed by atoms with Gasteiger partial charge in [-0.05, 0) is 47.0 Å². The Morgan fingerprint density at radius 2 is 1.86 bits per heavy atom. The van der Waals surface area contributed by atoms with Gasteiger partial charge in [0.05, 0.1) is 15.9 Å². The minimum atomic E-state index is 0.227.